The largest absolute Gasteiger partial charge is 0.383 e. The number of allylic oxidation sites excluding steroid dienone is 1. The molecule has 0 radical (unpaired) electrons. The zero-order valence-electron chi connectivity index (χ0n) is 15.2. The van der Waals surface area contributed by atoms with Crippen LogP contribution in [0.25, 0.3) is 10.9 Å². The van der Waals surface area contributed by atoms with Crippen molar-refractivity contribution in [2.45, 2.75) is 32.4 Å². The Kier molecular flexibility index (Phi) is 5.96. The molecule has 2 aromatic rings. The highest BCUT2D eigenvalue weighted by Gasteiger charge is 2.12. The molecule has 0 spiro atoms. The van der Waals surface area contributed by atoms with Gasteiger partial charge in [-0.2, -0.15) is 5.10 Å². The van der Waals surface area contributed by atoms with Gasteiger partial charge in [0.1, 0.15) is 6.73 Å². The topological polar surface area (TPSA) is 47.4 Å². The van der Waals surface area contributed by atoms with E-state index in [0.29, 0.717) is 12.3 Å². The van der Waals surface area contributed by atoms with Gasteiger partial charge >= 0.3 is 0 Å². The summed E-state index contributed by atoms with van der Waals surface area (Å²) < 4.78 is 7.58. The van der Waals surface area contributed by atoms with Gasteiger partial charge in [0.15, 0.2) is 5.78 Å². The summed E-state index contributed by atoms with van der Waals surface area (Å²) in [6, 6.07) is 6.78. The average molecular weight is 346 g/mol. The van der Waals surface area contributed by atoms with Gasteiger partial charge in [0.05, 0.1) is 11.7 Å². The van der Waals surface area contributed by atoms with Gasteiger partial charge in [0.25, 0.3) is 0 Å². The maximum absolute atomic E-state index is 12.2. The van der Waals surface area contributed by atoms with E-state index in [9.17, 15) is 4.79 Å². The average Bonchev–Trinajstić information content (AvgIpc) is 2.90. The molecule has 2 rings (SSSR count). The Hall–Kier alpha value is -1.92. The molecule has 0 aliphatic rings. The summed E-state index contributed by atoms with van der Waals surface area (Å²) in [4.78, 5) is 14.1. The minimum absolute atomic E-state index is 0.0157. The molecule has 0 unspecified atom stereocenters. The SMILES string of the molecule is CN(C)/C=C/C(=O)c1ccc2cnn(COCC[Si](C)(C)C)c2c1. The van der Waals surface area contributed by atoms with Crippen LogP contribution in [0.4, 0.5) is 0 Å². The number of carbonyl (C=O) groups excluding carboxylic acids is 1. The second kappa shape index (κ2) is 7.77. The van der Waals surface area contributed by atoms with Gasteiger partial charge in [0.2, 0.25) is 0 Å². The maximum Gasteiger partial charge on any atom is 0.187 e. The van der Waals surface area contributed by atoms with Crippen molar-refractivity contribution in [3.63, 3.8) is 0 Å². The maximum atomic E-state index is 12.2. The predicted molar refractivity (Wildman–Crippen MR) is 101 cm³/mol. The van der Waals surface area contributed by atoms with E-state index in [4.69, 9.17) is 4.74 Å². The molecule has 5 nitrogen and oxygen atoms in total. The highest BCUT2D eigenvalue weighted by molar-refractivity contribution is 6.76. The highest BCUT2D eigenvalue weighted by atomic mass is 28.3. The van der Waals surface area contributed by atoms with Gasteiger partial charge in [-0.1, -0.05) is 31.8 Å². The first kappa shape index (κ1) is 18.4. The monoisotopic (exact) mass is 345 g/mol. The molecular weight excluding hydrogens is 318 g/mol. The fourth-order valence-corrected chi connectivity index (χ4v) is 2.93. The van der Waals surface area contributed by atoms with Crippen LogP contribution in [-0.4, -0.2) is 49.2 Å². The minimum atomic E-state index is -1.09. The quantitative estimate of drug-likeness (QED) is 0.317. The first-order chi connectivity index (χ1) is 11.3. The lowest BCUT2D eigenvalue weighted by Crippen LogP contribution is -2.22. The molecule has 0 aliphatic heterocycles. The molecule has 6 heteroatoms. The molecule has 0 aliphatic carbocycles. The van der Waals surface area contributed by atoms with Crippen molar-refractivity contribution in [3.05, 3.63) is 42.2 Å². The van der Waals surface area contributed by atoms with Crippen molar-refractivity contribution < 1.29 is 9.53 Å². The van der Waals surface area contributed by atoms with Gasteiger partial charge in [-0.25, -0.2) is 4.68 Å². The molecule has 0 amide bonds. The van der Waals surface area contributed by atoms with Crippen molar-refractivity contribution in [3.8, 4) is 0 Å². The summed E-state index contributed by atoms with van der Waals surface area (Å²) in [6.07, 6.45) is 5.14. The van der Waals surface area contributed by atoms with Crippen LogP contribution in [0.15, 0.2) is 36.7 Å². The van der Waals surface area contributed by atoms with Crippen LogP contribution in [0.2, 0.25) is 25.7 Å². The number of benzene rings is 1. The van der Waals surface area contributed by atoms with E-state index in [1.807, 2.05) is 41.9 Å². The van der Waals surface area contributed by atoms with Crippen LogP contribution in [-0.2, 0) is 11.5 Å². The summed E-state index contributed by atoms with van der Waals surface area (Å²) in [5, 5.41) is 5.38. The standard InChI is InChI=1S/C18H27N3O2Si/c1-20(2)9-8-18(22)15-6-7-16-13-19-21(17(16)12-15)14-23-10-11-24(3,4)5/h6-9,12-13H,10-11,14H2,1-5H3/b9-8+. The molecule has 0 N–H and O–H groups in total. The summed E-state index contributed by atoms with van der Waals surface area (Å²) in [7, 11) is 2.69. The van der Waals surface area contributed by atoms with Gasteiger partial charge in [-0.05, 0) is 12.1 Å². The Labute approximate surface area is 144 Å². The Morgan fingerprint density at radius 3 is 2.75 bits per heavy atom. The van der Waals surface area contributed by atoms with Crippen molar-refractivity contribution in [1.29, 1.82) is 0 Å². The molecular formula is C18H27N3O2Si. The number of hydrogen-bond donors (Lipinski definition) is 0. The van der Waals surface area contributed by atoms with Gasteiger partial charge in [-0.3, -0.25) is 4.79 Å². The first-order valence-electron chi connectivity index (χ1n) is 8.18. The van der Waals surface area contributed by atoms with Crippen LogP contribution >= 0.6 is 0 Å². The van der Waals surface area contributed by atoms with E-state index in [1.165, 1.54) is 0 Å². The van der Waals surface area contributed by atoms with Gasteiger partial charge in [0, 0.05) is 52.0 Å². The number of aromatic nitrogens is 2. The van der Waals surface area contributed by atoms with E-state index < -0.39 is 8.07 Å². The second-order valence-corrected chi connectivity index (χ2v) is 13.0. The van der Waals surface area contributed by atoms with Crippen molar-refractivity contribution in [2.24, 2.45) is 0 Å². The Morgan fingerprint density at radius 2 is 2.08 bits per heavy atom. The number of fused-ring (bicyclic) bond motifs is 1. The lowest BCUT2D eigenvalue weighted by atomic mass is 10.1. The van der Waals surface area contributed by atoms with Crippen LogP contribution in [0.3, 0.4) is 0 Å². The third-order valence-electron chi connectivity index (χ3n) is 3.66. The van der Waals surface area contributed by atoms with Crippen molar-refractivity contribution >= 4 is 24.8 Å². The molecule has 1 heterocycles. The minimum Gasteiger partial charge on any atom is -0.383 e. The lowest BCUT2D eigenvalue weighted by molar-refractivity contribution is 0.0816. The zero-order chi connectivity index (χ0) is 17.7. The summed E-state index contributed by atoms with van der Waals surface area (Å²) in [6.45, 7) is 8.16. The zero-order valence-corrected chi connectivity index (χ0v) is 16.2. The Bertz CT molecular complexity index is 729. The summed E-state index contributed by atoms with van der Waals surface area (Å²) in [5.41, 5.74) is 1.58. The second-order valence-electron chi connectivity index (χ2n) is 7.41. The predicted octanol–water partition coefficient (Wildman–Crippen LogP) is 3.61. The summed E-state index contributed by atoms with van der Waals surface area (Å²) >= 11 is 0. The van der Waals surface area contributed by atoms with E-state index in [-0.39, 0.29) is 5.78 Å². The van der Waals surface area contributed by atoms with E-state index >= 15 is 0 Å². The number of carbonyl (C=O) groups is 1. The number of nitrogens with zero attached hydrogens (tertiary/aromatic N) is 3. The fourth-order valence-electron chi connectivity index (χ4n) is 2.17. The van der Waals surface area contributed by atoms with Crippen LogP contribution in [0.1, 0.15) is 10.4 Å². The number of rotatable bonds is 8. The lowest BCUT2D eigenvalue weighted by Gasteiger charge is -2.15. The van der Waals surface area contributed by atoms with Gasteiger partial charge in [-0.15, -0.1) is 0 Å². The van der Waals surface area contributed by atoms with Crippen LogP contribution < -0.4 is 0 Å². The molecule has 0 bridgehead atoms. The molecule has 0 saturated heterocycles. The smallest absolute Gasteiger partial charge is 0.187 e. The molecule has 0 saturated carbocycles. The third-order valence-corrected chi connectivity index (χ3v) is 5.37. The Morgan fingerprint density at radius 1 is 1.33 bits per heavy atom. The normalized spacial score (nSPS) is 12.2. The fraction of sp³-hybridized carbons (Fsp3) is 0.444. The molecule has 0 atom stereocenters. The third kappa shape index (κ3) is 5.32. The molecule has 1 aromatic carbocycles. The number of ketones is 1. The number of hydrogen-bond acceptors (Lipinski definition) is 4. The first-order valence-corrected chi connectivity index (χ1v) is 11.9. The number of ether oxygens (including phenoxy) is 1. The van der Waals surface area contributed by atoms with E-state index in [2.05, 4.69) is 24.7 Å². The molecule has 1 aromatic heterocycles. The van der Waals surface area contributed by atoms with Gasteiger partial charge < -0.3 is 9.64 Å². The Balaban J connectivity index is 2.09. The highest BCUT2D eigenvalue weighted by Crippen LogP contribution is 2.17. The van der Waals surface area contributed by atoms with E-state index in [0.717, 1.165) is 23.6 Å². The van der Waals surface area contributed by atoms with E-state index in [1.54, 1.807) is 18.5 Å². The van der Waals surface area contributed by atoms with Crippen LogP contribution in [0.5, 0.6) is 0 Å². The van der Waals surface area contributed by atoms with Crippen molar-refractivity contribution in [2.75, 3.05) is 20.7 Å². The summed E-state index contributed by atoms with van der Waals surface area (Å²) in [5.74, 6) is -0.0157. The van der Waals surface area contributed by atoms with Crippen LogP contribution in [0, 0.1) is 0 Å². The molecule has 0 fully saturated rings. The van der Waals surface area contributed by atoms with Crippen molar-refractivity contribution in [1.82, 2.24) is 14.7 Å². The molecule has 24 heavy (non-hydrogen) atoms. The molecule has 130 valence electrons.